The van der Waals surface area contributed by atoms with E-state index >= 15 is 0 Å². The van der Waals surface area contributed by atoms with Crippen LogP contribution in [-0.4, -0.2) is 50.8 Å². The molecule has 9 nitrogen and oxygen atoms in total. The van der Waals surface area contributed by atoms with Crippen molar-refractivity contribution >= 4 is 17.5 Å². The maximum atomic E-state index is 13.9. The van der Waals surface area contributed by atoms with Gasteiger partial charge in [0.25, 0.3) is 5.56 Å². The summed E-state index contributed by atoms with van der Waals surface area (Å²) in [6.45, 7) is 4.64. The fraction of sp³-hybridized carbons (Fsp3) is 0.269. The molecule has 0 unspecified atom stereocenters. The van der Waals surface area contributed by atoms with Gasteiger partial charge in [0.2, 0.25) is 5.95 Å². The average molecular weight is 541 g/mol. The Morgan fingerprint density at radius 1 is 1.08 bits per heavy atom. The number of rotatable bonds is 7. The molecule has 5 heterocycles. The molecular formula is C26H23ClF2N6O3. The predicted molar refractivity (Wildman–Crippen MR) is 137 cm³/mol. The molecule has 0 bridgehead atoms. The Bertz CT molecular complexity index is 1580. The van der Waals surface area contributed by atoms with Crippen molar-refractivity contribution in [2.45, 2.75) is 26.6 Å². The predicted octanol–water partition coefficient (Wildman–Crippen LogP) is 4.05. The number of hydrogen-bond donors (Lipinski definition) is 0. The topological polar surface area (TPSA) is 95.3 Å². The summed E-state index contributed by atoms with van der Waals surface area (Å²) >= 11 is 6.38. The Hall–Kier alpha value is -3.96. The van der Waals surface area contributed by atoms with Gasteiger partial charge in [-0.1, -0.05) is 11.6 Å². The molecule has 0 aromatic carbocycles. The van der Waals surface area contributed by atoms with Gasteiger partial charge < -0.3 is 14.4 Å². The molecule has 1 saturated heterocycles. The number of nitrogens with zero attached hydrogens (tertiary/aromatic N) is 6. The first kappa shape index (κ1) is 25.7. The van der Waals surface area contributed by atoms with Crippen LogP contribution in [0.2, 0.25) is 5.02 Å². The number of halogens is 3. The molecule has 1 aliphatic rings. The summed E-state index contributed by atoms with van der Waals surface area (Å²) in [7, 11) is 1.68. The summed E-state index contributed by atoms with van der Waals surface area (Å²) in [6.07, 6.45) is 4.36. The van der Waals surface area contributed by atoms with Crippen LogP contribution in [0.15, 0.2) is 47.7 Å². The maximum Gasteiger partial charge on any atom is 0.277 e. The lowest BCUT2D eigenvalue weighted by Gasteiger charge is -2.38. The molecule has 0 atom stereocenters. The normalized spacial score (nSPS) is 13.5. The lowest BCUT2D eigenvalue weighted by molar-refractivity contribution is 0.0778. The molecule has 5 rings (SSSR count). The average Bonchev–Trinajstić information content (AvgIpc) is 2.87. The second kappa shape index (κ2) is 10.4. The van der Waals surface area contributed by atoms with Crippen molar-refractivity contribution in [3.63, 3.8) is 0 Å². The molecule has 1 aliphatic heterocycles. The Morgan fingerprint density at radius 3 is 2.61 bits per heavy atom. The van der Waals surface area contributed by atoms with Crippen LogP contribution < -0.4 is 15.2 Å². The monoisotopic (exact) mass is 540 g/mol. The molecule has 0 saturated carbocycles. The molecule has 1 fully saturated rings. The van der Waals surface area contributed by atoms with Crippen LogP contribution in [0.1, 0.15) is 17.0 Å². The number of aromatic nitrogens is 5. The molecular weight excluding hydrogens is 518 g/mol. The van der Waals surface area contributed by atoms with Crippen molar-refractivity contribution in [1.82, 2.24) is 24.5 Å². The number of pyridine rings is 3. The molecule has 4 aromatic heterocycles. The number of aryl methyl sites for hydroxylation is 2. The summed E-state index contributed by atoms with van der Waals surface area (Å²) in [6, 6.07) is 5.80. The second-order valence-corrected chi connectivity index (χ2v) is 9.21. The van der Waals surface area contributed by atoms with Gasteiger partial charge >= 0.3 is 0 Å². The number of methoxy groups -OCH3 is 1. The van der Waals surface area contributed by atoms with Crippen molar-refractivity contribution in [3.8, 4) is 22.8 Å². The van der Waals surface area contributed by atoms with E-state index < -0.39 is 17.2 Å². The van der Waals surface area contributed by atoms with Crippen molar-refractivity contribution in [1.29, 1.82) is 0 Å². The van der Waals surface area contributed by atoms with Gasteiger partial charge in [0.15, 0.2) is 5.82 Å². The van der Waals surface area contributed by atoms with Gasteiger partial charge in [0.05, 0.1) is 29.4 Å². The van der Waals surface area contributed by atoms with Crippen LogP contribution in [0.3, 0.4) is 0 Å². The van der Waals surface area contributed by atoms with E-state index in [0.717, 1.165) is 11.8 Å². The highest BCUT2D eigenvalue weighted by molar-refractivity contribution is 6.31. The van der Waals surface area contributed by atoms with E-state index in [9.17, 15) is 13.6 Å². The lowest BCUT2D eigenvalue weighted by Crippen LogP contribution is -2.52. The summed E-state index contributed by atoms with van der Waals surface area (Å²) in [4.78, 5) is 32.5. The summed E-state index contributed by atoms with van der Waals surface area (Å²) in [5, 5.41) is -0.189. The van der Waals surface area contributed by atoms with E-state index in [1.54, 1.807) is 44.6 Å². The molecule has 0 spiro atoms. The number of hydrogen-bond acceptors (Lipinski definition) is 8. The third-order valence-corrected chi connectivity index (χ3v) is 6.58. The smallest absolute Gasteiger partial charge is 0.277 e. The first-order chi connectivity index (χ1) is 18.2. The minimum atomic E-state index is -0.855. The van der Waals surface area contributed by atoms with Crippen LogP contribution in [0.25, 0.3) is 17.1 Å². The Labute approximate surface area is 221 Å². The molecule has 0 aliphatic carbocycles. The van der Waals surface area contributed by atoms with Crippen LogP contribution >= 0.6 is 11.6 Å². The summed E-state index contributed by atoms with van der Waals surface area (Å²) < 4.78 is 39.4. The van der Waals surface area contributed by atoms with Crippen molar-refractivity contribution in [2.75, 3.05) is 25.1 Å². The quantitative estimate of drug-likeness (QED) is 0.346. The number of anilines is 1. The van der Waals surface area contributed by atoms with Crippen LogP contribution in [0.5, 0.6) is 5.75 Å². The highest BCUT2D eigenvalue weighted by Gasteiger charge is 2.28. The minimum Gasteiger partial charge on any atom is -0.485 e. The van der Waals surface area contributed by atoms with E-state index in [1.807, 2.05) is 11.8 Å². The van der Waals surface area contributed by atoms with Crippen LogP contribution in [0, 0.1) is 25.5 Å². The zero-order chi connectivity index (χ0) is 27.0. The summed E-state index contributed by atoms with van der Waals surface area (Å²) in [5.74, 6) is -1.02. The Kier molecular flexibility index (Phi) is 7.04. The third-order valence-electron chi connectivity index (χ3n) is 6.23. The Balaban J connectivity index is 1.45. The molecule has 4 aromatic rings. The zero-order valence-electron chi connectivity index (χ0n) is 20.8. The highest BCUT2D eigenvalue weighted by atomic mass is 35.5. The molecule has 196 valence electrons. The van der Waals surface area contributed by atoms with Crippen molar-refractivity contribution < 1.29 is 18.3 Å². The van der Waals surface area contributed by atoms with Crippen molar-refractivity contribution in [2.24, 2.45) is 0 Å². The molecule has 0 radical (unpaired) electrons. The van der Waals surface area contributed by atoms with E-state index in [2.05, 4.69) is 19.9 Å². The van der Waals surface area contributed by atoms with Gasteiger partial charge in [-0.3, -0.25) is 19.3 Å². The maximum absolute atomic E-state index is 13.9. The van der Waals surface area contributed by atoms with Gasteiger partial charge in [-0.25, -0.2) is 18.7 Å². The third kappa shape index (κ3) is 4.94. The zero-order valence-corrected chi connectivity index (χ0v) is 21.5. The largest absolute Gasteiger partial charge is 0.485 e. The van der Waals surface area contributed by atoms with Gasteiger partial charge in [0.1, 0.15) is 28.9 Å². The molecule has 12 heteroatoms. The molecule has 38 heavy (non-hydrogen) atoms. The van der Waals surface area contributed by atoms with Crippen LogP contribution in [0.4, 0.5) is 14.7 Å². The molecule has 0 amide bonds. The van der Waals surface area contributed by atoms with Crippen LogP contribution in [-0.2, 0) is 11.3 Å². The van der Waals surface area contributed by atoms with E-state index in [0.29, 0.717) is 47.9 Å². The number of ether oxygens (including phenoxy) is 2. The molecule has 0 N–H and O–H groups in total. The van der Waals surface area contributed by atoms with Gasteiger partial charge in [-0.2, -0.15) is 0 Å². The fourth-order valence-corrected chi connectivity index (χ4v) is 4.26. The van der Waals surface area contributed by atoms with Gasteiger partial charge in [-0.05, 0) is 31.5 Å². The van der Waals surface area contributed by atoms with Gasteiger partial charge in [-0.15, -0.1) is 0 Å². The minimum absolute atomic E-state index is 0.0622. The second-order valence-electron chi connectivity index (χ2n) is 8.84. The highest BCUT2D eigenvalue weighted by Crippen LogP contribution is 2.28. The lowest BCUT2D eigenvalue weighted by atomic mass is 10.1. The standard InChI is InChI=1S/C26H23ClF2N6O3/c1-14-9-31-20(19-4-5-30-26(33-19)34-11-17(12-34)37-3)8-22(14)35-15(2)6-23(24(27)25(35)36)38-13-21-18(29)7-16(28)10-32-21/h4-10,17H,11-13H2,1-3H3. The van der Waals surface area contributed by atoms with E-state index in [1.165, 1.54) is 4.57 Å². The first-order valence-corrected chi connectivity index (χ1v) is 12.1. The van der Waals surface area contributed by atoms with Crippen molar-refractivity contribution in [3.05, 3.63) is 86.8 Å². The van der Waals surface area contributed by atoms with E-state index in [4.69, 9.17) is 21.1 Å². The first-order valence-electron chi connectivity index (χ1n) is 11.7. The summed E-state index contributed by atoms with van der Waals surface area (Å²) in [5.41, 5.74) is 2.35. The van der Waals surface area contributed by atoms with Gasteiger partial charge in [0, 0.05) is 50.4 Å². The SMILES string of the molecule is COC1CN(c2nccc(-c3cc(-n4c(C)cc(OCc5ncc(F)cc5F)c(Cl)c4=O)c(C)cn3)n2)C1. The Morgan fingerprint density at radius 2 is 1.87 bits per heavy atom. The van der Waals surface area contributed by atoms with E-state index in [-0.39, 0.29) is 29.2 Å². The fourth-order valence-electron chi connectivity index (χ4n) is 4.07.